The number of nitrogens with zero attached hydrogens (tertiary/aromatic N) is 6. The molecule has 1 fully saturated rings. The third-order valence-electron chi connectivity index (χ3n) is 6.96. The summed E-state index contributed by atoms with van der Waals surface area (Å²) in [5, 5.41) is 4.11. The van der Waals surface area contributed by atoms with Gasteiger partial charge in [0.15, 0.2) is 11.5 Å². The van der Waals surface area contributed by atoms with Gasteiger partial charge < -0.3 is 19.7 Å². The van der Waals surface area contributed by atoms with Crippen LogP contribution in [-0.2, 0) is 17.9 Å². The Labute approximate surface area is 241 Å². The minimum atomic E-state index is -0.441. The van der Waals surface area contributed by atoms with Crippen molar-refractivity contribution in [2.75, 3.05) is 31.3 Å². The first kappa shape index (κ1) is 26.4. The first-order valence-corrected chi connectivity index (χ1v) is 13.6. The van der Waals surface area contributed by atoms with Gasteiger partial charge in [-0.15, -0.1) is 0 Å². The predicted octanol–water partition coefficient (Wildman–Crippen LogP) is 4.01. The first-order valence-electron chi connectivity index (χ1n) is 12.9. The number of fused-ring (bicyclic) bond motifs is 1. The molecule has 1 saturated heterocycles. The molecule has 2 aromatic heterocycles. The van der Waals surface area contributed by atoms with Gasteiger partial charge in [0.2, 0.25) is 18.6 Å². The van der Waals surface area contributed by atoms with Crippen LogP contribution < -0.4 is 19.7 Å². The molecule has 2 aliphatic heterocycles. The average Bonchev–Trinajstić information content (AvgIpc) is 3.66. The Balaban J connectivity index is 1.23. The number of aryl methyl sites for hydroxylation is 1. The Hall–Kier alpha value is -3.86. The van der Waals surface area contributed by atoms with E-state index in [-0.39, 0.29) is 12.7 Å². The lowest BCUT2D eigenvalue weighted by atomic mass is 10.1. The van der Waals surface area contributed by atoms with Crippen LogP contribution in [0.1, 0.15) is 16.8 Å². The second-order valence-corrected chi connectivity index (χ2v) is 10.5. The van der Waals surface area contributed by atoms with E-state index in [9.17, 15) is 4.79 Å². The summed E-state index contributed by atoms with van der Waals surface area (Å²) in [7, 11) is 0. The maximum Gasteiger partial charge on any atom is 0.239 e. The third-order valence-corrected chi connectivity index (χ3v) is 7.69. The summed E-state index contributed by atoms with van der Waals surface area (Å²) >= 11 is 12.4. The summed E-state index contributed by atoms with van der Waals surface area (Å²) in [6.07, 6.45) is 5.16. The summed E-state index contributed by atoms with van der Waals surface area (Å²) in [6, 6.07) is 12.8. The third kappa shape index (κ3) is 5.70. The molecule has 10 nitrogen and oxygen atoms in total. The molecule has 40 heavy (non-hydrogen) atoms. The summed E-state index contributed by atoms with van der Waals surface area (Å²) in [5.41, 5.74) is 2.74. The van der Waals surface area contributed by atoms with Crippen molar-refractivity contribution in [1.29, 1.82) is 0 Å². The Kier molecular flexibility index (Phi) is 7.46. The molecule has 4 heterocycles. The highest BCUT2D eigenvalue weighted by molar-refractivity contribution is 6.42. The van der Waals surface area contributed by atoms with Crippen LogP contribution in [0.4, 0.5) is 5.82 Å². The van der Waals surface area contributed by atoms with Gasteiger partial charge in [0.25, 0.3) is 0 Å². The fourth-order valence-electron chi connectivity index (χ4n) is 4.89. The zero-order chi connectivity index (χ0) is 27.6. The fraction of sp³-hybridized carbons (Fsp3) is 0.286. The molecule has 6 rings (SSSR count). The molecule has 1 atom stereocenters. The maximum absolute atomic E-state index is 13.7. The molecule has 0 spiro atoms. The Morgan fingerprint density at radius 2 is 1.88 bits per heavy atom. The van der Waals surface area contributed by atoms with E-state index in [1.165, 1.54) is 0 Å². The Morgan fingerprint density at radius 1 is 1.02 bits per heavy atom. The van der Waals surface area contributed by atoms with Gasteiger partial charge in [0, 0.05) is 56.9 Å². The number of rotatable bonds is 7. The number of halogens is 2. The number of piperazine rings is 1. The van der Waals surface area contributed by atoms with Crippen molar-refractivity contribution in [3.63, 3.8) is 0 Å². The zero-order valence-electron chi connectivity index (χ0n) is 21.8. The van der Waals surface area contributed by atoms with Crippen molar-refractivity contribution in [3.8, 4) is 17.4 Å². The van der Waals surface area contributed by atoms with Crippen molar-refractivity contribution in [2.24, 2.45) is 0 Å². The summed E-state index contributed by atoms with van der Waals surface area (Å²) in [6.45, 7) is 4.84. The van der Waals surface area contributed by atoms with Gasteiger partial charge in [-0.3, -0.25) is 14.3 Å². The smallest absolute Gasteiger partial charge is 0.239 e. The molecule has 0 aliphatic carbocycles. The Morgan fingerprint density at radius 3 is 2.70 bits per heavy atom. The van der Waals surface area contributed by atoms with Crippen LogP contribution in [0.25, 0.3) is 5.95 Å². The number of ether oxygens (including phenoxy) is 2. The molecule has 2 aliphatic rings. The molecule has 206 valence electrons. The zero-order valence-corrected chi connectivity index (χ0v) is 23.3. The van der Waals surface area contributed by atoms with Crippen LogP contribution in [0, 0.1) is 6.92 Å². The van der Waals surface area contributed by atoms with E-state index >= 15 is 0 Å². The van der Waals surface area contributed by atoms with Crippen LogP contribution in [0.2, 0.25) is 10.0 Å². The lowest BCUT2D eigenvalue weighted by molar-refractivity contribution is -0.127. The van der Waals surface area contributed by atoms with Gasteiger partial charge in [-0.1, -0.05) is 35.3 Å². The van der Waals surface area contributed by atoms with E-state index in [2.05, 4.69) is 25.1 Å². The first-order chi connectivity index (χ1) is 19.4. The standard InChI is InChI=1S/C28H27Cl2N7O3/c1-18-10-26(34-28(33-18)37-7-6-31-16-37)36-9-8-35(14-20-2-4-21(29)22(30)11-20)23(15-36)27(38)32-13-19-3-5-24-25(12-19)40-17-39-24/h2-7,10-12,16,23H,8-9,13-15,17H2,1H3,(H,32,38). The molecule has 12 heteroatoms. The number of benzene rings is 2. The molecule has 0 bridgehead atoms. The number of carbonyl (C=O) groups excluding carboxylic acids is 1. The van der Waals surface area contributed by atoms with Gasteiger partial charge in [-0.05, 0) is 42.3 Å². The number of imidazole rings is 1. The minimum Gasteiger partial charge on any atom is -0.454 e. The number of nitrogens with one attached hydrogen (secondary N) is 1. The van der Waals surface area contributed by atoms with Crippen molar-refractivity contribution < 1.29 is 14.3 Å². The molecular weight excluding hydrogens is 553 g/mol. The number of anilines is 1. The lowest BCUT2D eigenvalue weighted by Crippen LogP contribution is -2.58. The number of aromatic nitrogens is 4. The highest BCUT2D eigenvalue weighted by atomic mass is 35.5. The van der Waals surface area contributed by atoms with E-state index in [0.29, 0.717) is 60.2 Å². The molecule has 1 amide bonds. The molecule has 0 saturated carbocycles. The van der Waals surface area contributed by atoms with Crippen molar-refractivity contribution >= 4 is 34.9 Å². The molecule has 2 aromatic carbocycles. The van der Waals surface area contributed by atoms with Crippen molar-refractivity contribution in [2.45, 2.75) is 26.1 Å². The summed E-state index contributed by atoms with van der Waals surface area (Å²) < 4.78 is 12.7. The SMILES string of the molecule is Cc1cc(N2CCN(Cc3ccc(Cl)c(Cl)c3)C(C(=O)NCc3ccc4c(c3)OCO4)C2)nc(-n2ccnc2)n1. The van der Waals surface area contributed by atoms with E-state index < -0.39 is 6.04 Å². The van der Waals surface area contributed by atoms with Gasteiger partial charge in [-0.25, -0.2) is 9.97 Å². The van der Waals surface area contributed by atoms with E-state index in [4.69, 9.17) is 37.7 Å². The van der Waals surface area contributed by atoms with Crippen LogP contribution in [0.3, 0.4) is 0 Å². The number of hydrogen-bond donors (Lipinski definition) is 1. The monoisotopic (exact) mass is 579 g/mol. The Bertz CT molecular complexity index is 1530. The number of carbonyl (C=O) groups is 1. The van der Waals surface area contributed by atoms with Crippen molar-refractivity contribution in [3.05, 3.63) is 88.1 Å². The minimum absolute atomic E-state index is 0.0805. The maximum atomic E-state index is 13.7. The topological polar surface area (TPSA) is 97.6 Å². The molecule has 4 aromatic rings. The van der Waals surface area contributed by atoms with Crippen LogP contribution >= 0.6 is 23.2 Å². The van der Waals surface area contributed by atoms with E-state index in [0.717, 1.165) is 22.6 Å². The quantitative estimate of drug-likeness (QED) is 0.350. The van der Waals surface area contributed by atoms with Gasteiger partial charge in [-0.2, -0.15) is 4.98 Å². The second kappa shape index (κ2) is 11.3. The molecule has 1 N–H and O–H groups in total. The molecular formula is C28H27Cl2N7O3. The van der Waals surface area contributed by atoms with Gasteiger partial charge in [0.05, 0.1) is 10.0 Å². The second-order valence-electron chi connectivity index (χ2n) is 9.72. The van der Waals surface area contributed by atoms with Gasteiger partial charge in [0.1, 0.15) is 18.2 Å². The van der Waals surface area contributed by atoms with Crippen LogP contribution in [0.5, 0.6) is 11.5 Å². The largest absolute Gasteiger partial charge is 0.454 e. The molecule has 1 unspecified atom stereocenters. The summed E-state index contributed by atoms with van der Waals surface area (Å²) in [5.74, 6) is 2.61. The van der Waals surface area contributed by atoms with E-state index in [1.54, 1.807) is 29.4 Å². The van der Waals surface area contributed by atoms with Crippen LogP contribution in [-0.4, -0.2) is 62.8 Å². The van der Waals surface area contributed by atoms with Gasteiger partial charge >= 0.3 is 0 Å². The normalized spacial score (nSPS) is 16.8. The fourth-order valence-corrected chi connectivity index (χ4v) is 5.21. The van der Waals surface area contributed by atoms with E-state index in [1.807, 2.05) is 43.3 Å². The summed E-state index contributed by atoms with van der Waals surface area (Å²) in [4.78, 5) is 31.4. The van der Waals surface area contributed by atoms with Crippen molar-refractivity contribution in [1.82, 2.24) is 29.7 Å². The van der Waals surface area contributed by atoms with Crippen LogP contribution in [0.15, 0.2) is 61.2 Å². The number of amides is 1. The molecule has 0 radical (unpaired) electrons. The highest BCUT2D eigenvalue weighted by Gasteiger charge is 2.33. The highest BCUT2D eigenvalue weighted by Crippen LogP contribution is 2.32. The lowest BCUT2D eigenvalue weighted by Gasteiger charge is -2.41. The number of hydrogen-bond acceptors (Lipinski definition) is 8. The average molecular weight is 580 g/mol. The predicted molar refractivity (Wildman–Crippen MR) is 151 cm³/mol.